The second-order valence-corrected chi connectivity index (χ2v) is 39.6. The van der Waals surface area contributed by atoms with Gasteiger partial charge in [0.2, 0.25) is 112 Å². The Morgan fingerprint density at radius 3 is 1.18 bits per heavy atom. The van der Waals surface area contributed by atoms with Gasteiger partial charge in [-0.05, 0) is 137 Å². The third-order valence-corrected chi connectivity index (χ3v) is 24.4. The number of nitrogens with two attached hydrogens (primary N) is 2. The molecule has 0 aliphatic carbocycles. The van der Waals surface area contributed by atoms with Crippen LogP contribution in [0.25, 0.3) is 10.9 Å². The summed E-state index contributed by atoms with van der Waals surface area (Å²) in [7, 11) is 0. The number of likely N-dealkylation sites (tertiary alicyclic amines) is 1. The van der Waals surface area contributed by atoms with Gasteiger partial charge in [-0.25, -0.2) is 0 Å². The average molecular weight is 2020 g/mol. The Morgan fingerprint density at radius 2 is 0.755 bits per heavy atom. The maximum atomic E-state index is 14.8. The minimum Gasteiger partial charge on any atom is -0.481 e. The lowest BCUT2D eigenvalue weighted by molar-refractivity contribution is -0.144. The number of H-pyrrole nitrogens is 1. The second-order valence-electron chi connectivity index (χ2n) is 39.6. The first-order valence-corrected chi connectivity index (χ1v) is 49.1. The molecule has 47 heteroatoms. The van der Waals surface area contributed by atoms with Crippen molar-refractivity contribution in [1.82, 2.24) is 100 Å². The van der Waals surface area contributed by atoms with Crippen LogP contribution in [0.3, 0.4) is 0 Å². The van der Waals surface area contributed by atoms with E-state index >= 15 is 0 Å². The van der Waals surface area contributed by atoms with Gasteiger partial charge in [0.25, 0.3) is 0 Å². The summed E-state index contributed by atoms with van der Waals surface area (Å²) in [5, 5.41) is 83.5. The molecule has 1 saturated heterocycles. The number of aromatic amines is 1. The Morgan fingerprint density at radius 1 is 0.399 bits per heavy atom. The number of hydrogen-bond donors (Lipinski definition) is 24. The van der Waals surface area contributed by atoms with E-state index in [0.717, 1.165) is 6.92 Å². The maximum Gasteiger partial charge on any atom is 0.325 e. The number of amides is 19. The predicted octanol–water partition coefficient (Wildman–Crippen LogP) is -1.72. The molecule has 26 N–H and O–H groups in total. The molecule has 143 heavy (non-hydrogen) atoms. The number of nitrogens with zero attached hydrogens (tertiary/aromatic N) is 1. The van der Waals surface area contributed by atoms with Gasteiger partial charge < -0.3 is 132 Å². The number of carbonyl (C=O) groups excluding carboxylic acids is 19. The van der Waals surface area contributed by atoms with Crippen molar-refractivity contribution in [2.24, 2.45) is 64.7 Å². The molecule has 0 saturated carbocycles. The number of rotatable bonds is 63. The van der Waals surface area contributed by atoms with Crippen molar-refractivity contribution in [3.05, 3.63) is 36.0 Å². The summed E-state index contributed by atoms with van der Waals surface area (Å²) in [6.45, 7) is 33.4. The highest BCUT2D eigenvalue weighted by Gasteiger charge is 2.45. The Bertz CT molecular complexity index is 4730. The van der Waals surface area contributed by atoms with Gasteiger partial charge in [0, 0.05) is 36.5 Å². The quantitative estimate of drug-likeness (QED) is 0.0350. The summed E-state index contributed by atoms with van der Waals surface area (Å²) in [6.07, 6.45) is -2.36. The van der Waals surface area contributed by atoms with Crippen molar-refractivity contribution in [3.8, 4) is 0 Å². The topological polar surface area (TPSA) is 732 Å². The molecule has 19 amide bonds. The summed E-state index contributed by atoms with van der Waals surface area (Å²) in [5.74, 6) is -26.0. The average Bonchev–Trinajstić information content (AvgIpc) is 1.62. The summed E-state index contributed by atoms with van der Waals surface area (Å²) in [5.41, 5.74) is 11.9. The van der Waals surface area contributed by atoms with E-state index in [0.29, 0.717) is 42.1 Å². The van der Waals surface area contributed by atoms with E-state index < -0.39 is 307 Å². The number of carboxylic acid groups (broad SMARTS) is 3. The van der Waals surface area contributed by atoms with E-state index in [1.54, 1.807) is 149 Å². The molecule has 21 atom stereocenters. The molecule has 3 rings (SSSR count). The number of nitrogens with one attached hydrogen (secondary N) is 18. The zero-order chi connectivity index (χ0) is 109. The number of aliphatic hydroxyl groups is 1. The Kier molecular flexibility index (Phi) is 52.5. The van der Waals surface area contributed by atoms with Crippen LogP contribution >= 0.6 is 0 Å². The van der Waals surface area contributed by atoms with Gasteiger partial charge in [-0.2, -0.15) is 0 Å². The number of aliphatic carboxylic acids is 3. The molecule has 1 aliphatic rings. The number of fused-ring (bicyclic) bond motifs is 1. The van der Waals surface area contributed by atoms with E-state index in [4.69, 9.17) is 11.5 Å². The highest BCUT2D eigenvalue weighted by Crippen LogP contribution is 2.26. The molecule has 0 bridgehead atoms. The molecular weight excluding hydrogens is 1860 g/mol. The van der Waals surface area contributed by atoms with Crippen molar-refractivity contribution < 1.29 is 126 Å². The predicted molar refractivity (Wildman–Crippen MR) is 524 cm³/mol. The highest BCUT2D eigenvalue weighted by atomic mass is 16.4. The lowest BCUT2D eigenvalue weighted by atomic mass is 9.94. The number of carbonyl (C=O) groups is 22. The number of para-hydroxylation sites is 1. The molecule has 0 spiro atoms. The van der Waals surface area contributed by atoms with Gasteiger partial charge in [-0.1, -0.05) is 162 Å². The molecule has 802 valence electrons. The Labute approximate surface area is 834 Å². The molecule has 47 nitrogen and oxygen atoms in total. The van der Waals surface area contributed by atoms with E-state index in [9.17, 15) is 126 Å². The van der Waals surface area contributed by atoms with Crippen LogP contribution in [0.2, 0.25) is 0 Å². The molecule has 0 radical (unpaired) electrons. The number of aliphatic hydroxyl groups excluding tert-OH is 1. The number of benzene rings is 1. The van der Waals surface area contributed by atoms with Crippen LogP contribution in [0.15, 0.2) is 30.5 Å². The number of hydrogen-bond acceptors (Lipinski definition) is 24. The van der Waals surface area contributed by atoms with Crippen LogP contribution in [0.1, 0.15) is 241 Å². The van der Waals surface area contributed by atoms with Gasteiger partial charge in [-0.15, -0.1) is 0 Å². The van der Waals surface area contributed by atoms with E-state index in [1.165, 1.54) is 24.9 Å². The summed E-state index contributed by atoms with van der Waals surface area (Å²) in [6, 6.07) is -18.1. The van der Waals surface area contributed by atoms with Crippen molar-refractivity contribution >= 4 is 141 Å². The van der Waals surface area contributed by atoms with Crippen molar-refractivity contribution in [3.63, 3.8) is 0 Å². The minimum absolute atomic E-state index is 0.00480. The third-order valence-electron chi connectivity index (χ3n) is 24.4. The smallest absolute Gasteiger partial charge is 0.325 e. The van der Waals surface area contributed by atoms with Crippen LogP contribution < -0.4 is 102 Å². The fraction of sp³-hybridized carbons (Fsp3) is 0.688. The standard InChI is InChI=1S/C96H157N21O26/c1-22-51(16)76(91(137)102-55(20)96(142)143)115-93(139)78(53(18)24-3)114-90(136)69-30-27-33-117(69)95(141)75(50(14)15)112-92(138)77(52(17)23-2)113-80(126)54(19)101-83(129)61(34-45(4)5)107-84(130)62(35-46(6)7)108-85(131)63(36-47(8)9)109-86(132)64(37-48(10)11)111-94(140)79(56(21)118)116-89(135)65(38-49(12)13)106-82(128)60(31-32-70(98)119)105-87(133)66(39-57-43-99-59-29-26-25-28-58(57)59)104-72(121)44-100-81(127)67(40-73(122)123)110-88(134)68(41-74(124)125)103-71(120)42-97/h25-26,28-29,43,45-56,60-69,75-79,99,118H,22-24,27,30-42,44,97H2,1-21H3,(H2,98,119)(H,100,127)(H,101,129)(H,102,137)(H,103,120)(H,104,121)(H,105,133)(H,106,128)(H,107,130)(H,108,131)(H,109,132)(H,110,134)(H,111,140)(H,112,138)(H,113,126)(H,114,136)(H,115,139)(H,116,135)(H,122,123)(H,124,125)(H,142,143)/t51-,52-,53-,54-,55-,56+,60-,61-,62-,63-,64-,65-,66-,67-,68-,69-,75-,76-,77-,78-,79-/m0/s1. The first-order chi connectivity index (χ1) is 66.8. The maximum absolute atomic E-state index is 14.8. The van der Waals surface area contributed by atoms with Crippen LogP contribution in [-0.4, -0.2) is 289 Å². The van der Waals surface area contributed by atoms with Gasteiger partial charge >= 0.3 is 17.9 Å². The number of primary amides is 1. The largest absolute Gasteiger partial charge is 0.481 e. The first-order valence-electron chi connectivity index (χ1n) is 49.1. The number of carboxylic acids is 3. The lowest BCUT2D eigenvalue weighted by Crippen LogP contribution is -2.62. The lowest BCUT2D eigenvalue weighted by Gasteiger charge is -2.34. The molecule has 2 heterocycles. The molecule has 0 unspecified atom stereocenters. The van der Waals surface area contributed by atoms with E-state index in [-0.39, 0.29) is 75.2 Å². The second kappa shape index (κ2) is 60.5. The van der Waals surface area contributed by atoms with Gasteiger partial charge in [-0.3, -0.25) is 105 Å². The first kappa shape index (κ1) is 124. The normalized spacial score (nSPS) is 16.7. The van der Waals surface area contributed by atoms with Gasteiger partial charge in [0.15, 0.2) is 0 Å². The zero-order valence-corrected chi connectivity index (χ0v) is 86.1. The molecule has 1 fully saturated rings. The molecular formula is C96H157N21O26. The zero-order valence-electron chi connectivity index (χ0n) is 86.1. The van der Waals surface area contributed by atoms with Gasteiger partial charge in [0.1, 0.15) is 103 Å². The molecule has 1 aromatic carbocycles. The van der Waals surface area contributed by atoms with Crippen molar-refractivity contribution in [2.45, 2.75) is 351 Å². The van der Waals surface area contributed by atoms with Crippen LogP contribution in [-0.2, 0) is 112 Å². The fourth-order valence-electron chi connectivity index (χ4n) is 15.8. The molecule has 1 aromatic heterocycles. The van der Waals surface area contributed by atoms with Crippen LogP contribution in [0, 0.1) is 53.3 Å². The van der Waals surface area contributed by atoms with Crippen molar-refractivity contribution in [1.29, 1.82) is 0 Å². The third kappa shape index (κ3) is 41.9. The fourth-order valence-corrected chi connectivity index (χ4v) is 15.8. The monoisotopic (exact) mass is 2020 g/mol. The summed E-state index contributed by atoms with van der Waals surface area (Å²) >= 11 is 0. The minimum atomic E-state index is -1.98. The SMILES string of the molecule is CC[C@H](C)[C@H](NC(=O)[C@H](C)NC(=O)[C@H](CC(C)C)NC(=O)[C@H](CC(C)C)NC(=O)[C@H](CC(C)C)NC(=O)[C@H](CC(C)C)NC(=O)[C@@H](NC(=O)[C@H](CC(C)C)NC(=O)[C@H](CCC(N)=O)NC(=O)[C@H](Cc1c[nH]c2ccccc12)NC(=O)CNC(=O)[C@H](CC(=O)O)NC(=O)[C@H](CC(=O)O)NC(=O)CN)[C@@H](C)O)C(=O)N[C@H](C(=O)N1CCC[C@H]1C(=O)N[C@H](C(=O)N[C@H](C(=O)N[C@@H](C)C(=O)O)[C@@H](C)CC)[C@@H](C)CC)C(C)C. The van der Waals surface area contributed by atoms with Crippen LogP contribution in [0.4, 0.5) is 0 Å². The van der Waals surface area contributed by atoms with Gasteiger partial charge in [0.05, 0.1) is 32.0 Å². The molecule has 2 aromatic rings. The van der Waals surface area contributed by atoms with E-state index in [2.05, 4.69) is 90.1 Å². The molecule has 1 aliphatic heterocycles. The Balaban J connectivity index is 1.89. The van der Waals surface area contributed by atoms with Crippen molar-refractivity contribution in [2.75, 3.05) is 19.6 Å². The summed E-state index contributed by atoms with van der Waals surface area (Å²) < 4.78 is 0. The summed E-state index contributed by atoms with van der Waals surface area (Å²) in [4.78, 5) is 307. The Hall–Kier alpha value is -13.0. The van der Waals surface area contributed by atoms with Crippen LogP contribution in [0.5, 0.6) is 0 Å². The number of aromatic nitrogens is 1. The highest BCUT2D eigenvalue weighted by molar-refractivity contribution is 6.03. The van der Waals surface area contributed by atoms with E-state index in [1.807, 2.05) is 5.32 Å².